The van der Waals surface area contributed by atoms with Crippen molar-refractivity contribution in [1.29, 1.82) is 0 Å². The van der Waals surface area contributed by atoms with Gasteiger partial charge in [0.05, 0.1) is 34.8 Å². The van der Waals surface area contributed by atoms with E-state index in [-0.39, 0.29) is 5.78 Å². The van der Waals surface area contributed by atoms with Crippen LogP contribution in [0.2, 0.25) is 4.34 Å². The standard InChI is InChI=1S/C13H16ClNOS/c14-13-2-1-12(17-13)11(16)8-10-7-9-3-5-15(10)6-4-9/h1-2,9-10H,3-8H2/p+1. The number of fused-ring (bicyclic) bond motifs is 3. The van der Waals surface area contributed by atoms with Gasteiger partial charge in [-0.2, -0.15) is 0 Å². The van der Waals surface area contributed by atoms with Gasteiger partial charge in [-0.25, -0.2) is 0 Å². The summed E-state index contributed by atoms with van der Waals surface area (Å²) in [6.45, 7) is 2.54. The van der Waals surface area contributed by atoms with Gasteiger partial charge < -0.3 is 4.90 Å². The maximum Gasteiger partial charge on any atom is 0.178 e. The topological polar surface area (TPSA) is 21.5 Å². The molecular formula is C13H17ClNOS+. The van der Waals surface area contributed by atoms with E-state index in [0.717, 1.165) is 10.8 Å². The van der Waals surface area contributed by atoms with Crippen LogP contribution in [0.25, 0.3) is 0 Å². The number of piperidine rings is 3. The zero-order valence-corrected chi connectivity index (χ0v) is 11.3. The van der Waals surface area contributed by atoms with Crippen LogP contribution >= 0.6 is 22.9 Å². The summed E-state index contributed by atoms with van der Waals surface area (Å²) in [6, 6.07) is 4.25. The molecular weight excluding hydrogens is 254 g/mol. The number of rotatable bonds is 3. The number of thiophene rings is 1. The number of hydrogen-bond donors (Lipinski definition) is 1. The monoisotopic (exact) mass is 270 g/mol. The predicted molar refractivity (Wildman–Crippen MR) is 70.1 cm³/mol. The van der Waals surface area contributed by atoms with E-state index in [1.807, 2.05) is 12.1 Å². The molecule has 4 rings (SSSR count). The molecule has 2 nitrogen and oxygen atoms in total. The number of carbonyl (C=O) groups excluding carboxylic acids is 1. The van der Waals surface area contributed by atoms with Crippen LogP contribution in [0, 0.1) is 5.92 Å². The lowest BCUT2D eigenvalue weighted by atomic mass is 9.81. The van der Waals surface area contributed by atoms with E-state index in [1.54, 1.807) is 4.90 Å². The normalized spacial score (nSPS) is 31.7. The Labute approximate surface area is 111 Å². The third kappa shape index (κ3) is 2.42. The molecule has 1 aromatic rings. The highest BCUT2D eigenvalue weighted by Crippen LogP contribution is 2.26. The Bertz CT molecular complexity index is 423. The van der Waals surface area contributed by atoms with Crippen LogP contribution in [0.1, 0.15) is 35.4 Å². The summed E-state index contributed by atoms with van der Waals surface area (Å²) >= 11 is 7.28. The molecule has 3 aliphatic heterocycles. The maximum absolute atomic E-state index is 12.1. The Morgan fingerprint density at radius 3 is 2.71 bits per heavy atom. The fraction of sp³-hybridized carbons (Fsp3) is 0.615. The number of hydrogen-bond acceptors (Lipinski definition) is 2. The average Bonchev–Trinajstić information content (AvgIpc) is 2.77. The first kappa shape index (κ1) is 11.7. The summed E-state index contributed by atoms with van der Waals surface area (Å²) in [6.07, 6.45) is 4.69. The van der Waals surface area contributed by atoms with Crippen molar-refractivity contribution in [3.8, 4) is 0 Å². The summed E-state index contributed by atoms with van der Waals surface area (Å²) in [5.74, 6) is 1.17. The summed E-state index contributed by atoms with van der Waals surface area (Å²) in [5.41, 5.74) is 0. The van der Waals surface area contributed by atoms with Crippen molar-refractivity contribution in [1.82, 2.24) is 0 Å². The van der Waals surface area contributed by atoms with Gasteiger partial charge in [0.15, 0.2) is 5.78 Å². The zero-order valence-electron chi connectivity index (χ0n) is 9.75. The molecule has 3 aliphatic rings. The lowest BCUT2D eigenvalue weighted by molar-refractivity contribution is -0.941. The highest BCUT2D eigenvalue weighted by Gasteiger charge is 2.38. The zero-order chi connectivity index (χ0) is 11.8. The summed E-state index contributed by atoms with van der Waals surface area (Å²) < 4.78 is 0.714. The molecule has 2 bridgehead atoms. The third-order valence-corrected chi connectivity index (χ3v) is 5.49. The van der Waals surface area contributed by atoms with Crippen LogP contribution in [-0.4, -0.2) is 24.9 Å². The van der Waals surface area contributed by atoms with Crippen molar-refractivity contribution >= 4 is 28.7 Å². The highest BCUT2D eigenvalue weighted by atomic mass is 35.5. The number of Topliss-reactive ketones (excluding diaryl/α,β-unsaturated/α-hetero) is 1. The van der Waals surface area contributed by atoms with Gasteiger partial charge in [-0.05, 0) is 30.9 Å². The van der Waals surface area contributed by atoms with Crippen LogP contribution < -0.4 is 4.90 Å². The van der Waals surface area contributed by atoms with Crippen molar-refractivity contribution in [2.75, 3.05) is 13.1 Å². The molecule has 3 saturated heterocycles. The first-order chi connectivity index (χ1) is 8.22. The molecule has 1 atom stereocenters. The summed E-state index contributed by atoms with van der Waals surface area (Å²) in [5, 5.41) is 0. The quantitative estimate of drug-likeness (QED) is 0.834. The van der Waals surface area contributed by atoms with Gasteiger partial charge in [0.2, 0.25) is 0 Å². The lowest BCUT2D eigenvalue weighted by Gasteiger charge is -2.42. The van der Waals surface area contributed by atoms with Gasteiger partial charge in [0, 0.05) is 6.42 Å². The van der Waals surface area contributed by atoms with Crippen molar-refractivity contribution in [2.45, 2.75) is 31.7 Å². The van der Waals surface area contributed by atoms with Gasteiger partial charge >= 0.3 is 0 Å². The van der Waals surface area contributed by atoms with Gasteiger partial charge in [-0.3, -0.25) is 4.79 Å². The van der Waals surface area contributed by atoms with Crippen LogP contribution in [0.15, 0.2) is 12.1 Å². The second-order valence-corrected chi connectivity index (χ2v) is 6.98. The minimum absolute atomic E-state index is 0.284. The fourth-order valence-electron chi connectivity index (χ4n) is 3.28. The number of halogens is 1. The molecule has 17 heavy (non-hydrogen) atoms. The van der Waals surface area contributed by atoms with E-state index < -0.39 is 0 Å². The van der Waals surface area contributed by atoms with E-state index in [1.165, 1.54) is 43.7 Å². The second-order valence-electron chi connectivity index (χ2n) is 5.27. The van der Waals surface area contributed by atoms with Crippen LogP contribution in [0.3, 0.4) is 0 Å². The molecule has 0 aliphatic carbocycles. The first-order valence-corrected chi connectivity index (χ1v) is 7.55. The van der Waals surface area contributed by atoms with E-state index in [0.29, 0.717) is 16.8 Å². The number of nitrogens with one attached hydrogen (secondary N) is 1. The Kier molecular flexibility index (Phi) is 3.24. The van der Waals surface area contributed by atoms with Gasteiger partial charge in [-0.1, -0.05) is 11.6 Å². The van der Waals surface area contributed by atoms with Crippen molar-refractivity contribution in [3.63, 3.8) is 0 Å². The average molecular weight is 271 g/mol. The first-order valence-electron chi connectivity index (χ1n) is 6.35. The molecule has 1 aromatic heterocycles. The molecule has 0 radical (unpaired) electrons. The van der Waals surface area contributed by atoms with Crippen LogP contribution in [0.4, 0.5) is 0 Å². The SMILES string of the molecule is O=C(CC1CC2CC[NH+]1CC2)c1ccc(Cl)s1. The predicted octanol–water partition coefficient (Wildman–Crippen LogP) is 2.04. The summed E-state index contributed by atoms with van der Waals surface area (Å²) in [4.78, 5) is 14.6. The highest BCUT2D eigenvalue weighted by molar-refractivity contribution is 7.18. The van der Waals surface area contributed by atoms with Crippen molar-refractivity contribution in [2.24, 2.45) is 5.92 Å². The van der Waals surface area contributed by atoms with E-state index in [9.17, 15) is 4.79 Å². The number of ketones is 1. The lowest BCUT2D eigenvalue weighted by Crippen LogP contribution is -3.18. The molecule has 4 heteroatoms. The van der Waals surface area contributed by atoms with E-state index in [4.69, 9.17) is 11.6 Å². The molecule has 0 saturated carbocycles. The molecule has 1 N–H and O–H groups in total. The molecule has 0 aromatic carbocycles. The largest absolute Gasteiger partial charge is 0.332 e. The van der Waals surface area contributed by atoms with Gasteiger partial charge in [0.25, 0.3) is 0 Å². The molecule has 0 amide bonds. The molecule has 0 spiro atoms. The Balaban J connectivity index is 1.65. The maximum atomic E-state index is 12.1. The van der Waals surface area contributed by atoms with E-state index in [2.05, 4.69) is 0 Å². The Hall–Kier alpha value is -0.380. The van der Waals surface area contributed by atoms with Crippen LogP contribution in [0.5, 0.6) is 0 Å². The van der Waals surface area contributed by atoms with Gasteiger partial charge in [-0.15, -0.1) is 11.3 Å². The fourth-order valence-corrected chi connectivity index (χ4v) is 4.27. The van der Waals surface area contributed by atoms with Gasteiger partial charge in [0.1, 0.15) is 0 Å². The number of carbonyl (C=O) groups is 1. The smallest absolute Gasteiger partial charge is 0.178 e. The number of quaternary nitrogens is 1. The molecule has 1 unspecified atom stereocenters. The summed E-state index contributed by atoms with van der Waals surface area (Å²) in [7, 11) is 0. The Morgan fingerprint density at radius 2 is 2.18 bits per heavy atom. The van der Waals surface area contributed by atoms with Crippen molar-refractivity contribution in [3.05, 3.63) is 21.3 Å². The van der Waals surface area contributed by atoms with Crippen LogP contribution in [-0.2, 0) is 0 Å². The Morgan fingerprint density at radius 1 is 1.41 bits per heavy atom. The third-order valence-electron chi connectivity index (χ3n) is 4.22. The van der Waals surface area contributed by atoms with Crippen molar-refractivity contribution < 1.29 is 9.69 Å². The van der Waals surface area contributed by atoms with E-state index >= 15 is 0 Å². The minimum atomic E-state index is 0.284. The molecule has 4 heterocycles. The molecule has 92 valence electrons. The second kappa shape index (κ2) is 4.71. The minimum Gasteiger partial charge on any atom is -0.332 e. The molecule has 3 fully saturated rings.